The van der Waals surface area contributed by atoms with Gasteiger partial charge in [-0.1, -0.05) is 0 Å². The Balaban J connectivity index is 0.00000128. The van der Waals surface area contributed by atoms with Crippen molar-refractivity contribution in [2.24, 2.45) is 0 Å². The highest BCUT2D eigenvalue weighted by molar-refractivity contribution is 5.85. The molecular formula is C11H17ClN2O2. The average molecular weight is 245 g/mol. The third-order valence-corrected chi connectivity index (χ3v) is 2.50. The van der Waals surface area contributed by atoms with Gasteiger partial charge in [-0.3, -0.25) is 0 Å². The molecule has 0 radical (unpaired) electrons. The summed E-state index contributed by atoms with van der Waals surface area (Å²) in [4.78, 5) is 4.04. The van der Waals surface area contributed by atoms with Crippen LogP contribution in [0.5, 0.6) is 11.6 Å². The minimum atomic E-state index is 0. The fourth-order valence-corrected chi connectivity index (χ4v) is 1.68. The summed E-state index contributed by atoms with van der Waals surface area (Å²) >= 11 is 0. The van der Waals surface area contributed by atoms with E-state index in [0.29, 0.717) is 12.0 Å². The van der Waals surface area contributed by atoms with E-state index in [1.807, 2.05) is 12.1 Å². The number of pyridine rings is 1. The predicted octanol–water partition coefficient (Wildman–Crippen LogP) is 1.64. The number of hydrogen-bond donors (Lipinski definition) is 1. The number of ether oxygens (including phenoxy) is 2. The van der Waals surface area contributed by atoms with Crippen LogP contribution in [-0.2, 0) is 0 Å². The SMILES string of the molecule is COc1cc(OC2CCNCC2)ccn1.Cl. The lowest BCUT2D eigenvalue weighted by molar-refractivity contribution is 0.161. The van der Waals surface area contributed by atoms with Crippen LogP contribution in [0.3, 0.4) is 0 Å². The number of nitrogens with one attached hydrogen (secondary N) is 1. The summed E-state index contributed by atoms with van der Waals surface area (Å²) in [6.45, 7) is 2.07. The summed E-state index contributed by atoms with van der Waals surface area (Å²) < 4.78 is 10.9. The molecule has 16 heavy (non-hydrogen) atoms. The molecule has 1 N–H and O–H groups in total. The van der Waals surface area contributed by atoms with Gasteiger partial charge in [0.1, 0.15) is 11.9 Å². The third kappa shape index (κ3) is 3.54. The quantitative estimate of drug-likeness (QED) is 0.878. The second-order valence-corrected chi connectivity index (χ2v) is 3.60. The van der Waals surface area contributed by atoms with Crippen molar-refractivity contribution in [1.82, 2.24) is 10.3 Å². The number of aromatic nitrogens is 1. The number of halogens is 1. The van der Waals surface area contributed by atoms with Gasteiger partial charge in [0.2, 0.25) is 5.88 Å². The van der Waals surface area contributed by atoms with Gasteiger partial charge in [0.15, 0.2) is 0 Å². The molecule has 1 aromatic heterocycles. The highest BCUT2D eigenvalue weighted by atomic mass is 35.5. The van der Waals surface area contributed by atoms with E-state index >= 15 is 0 Å². The maximum absolute atomic E-state index is 5.84. The van der Waals surface area contributed by atoms with Crippen molar-refractivity contribution >= 4 is 12.4 Å². The highest BCUT2D eigenvalue weighted by Crippen LogP contribution is 2.19. The molecule has 0 bridgehead atoms. The number of methoxy groups -OCH3 is 1. The molecule has 1 fully saturated rings. The molecule has 0 spiro atoms. The lowest BCUT2D eigenvalue weighted by Crippen LogP contribution is -2.34. The Kier molecular flexibility index (Phi) is 5.35. The minimum Gasteiger partial charge on any atom is -0.490 e. The zero-order valence-corrected chi connectivity index (χ0v) is 10.1. The molecule has 0 saturated carbocycles. The second kappa shape index (κ2) is 6.55. The van der Waals surface area contributed by atoms with Crippen LogP contribution in [0.15, 0.2) is 18.3 Å². The molecule has 0 unspecified atom stereocenters. The zero-order chi connectivity index (χ0) is 10.5. The molecule has 0 atom stereocenters. The fourth-order valence-electron chi connectivity index (χ4n) is 1.68. The lowest BCUT2D eigenvalue weighted by atomic mass is 10.1. The van der Waals surface area contributed by atoms with E-state index in [4.69, 9.17) is 9.47 Å². The third-order valence-electron chi connectivity index (χ3n) is 2.50. The van der Waals surface area contributed by atoms with E-state index in [1.165, 1.54) is 0 Å². The Morgan fingerprint density at radius 1 is 1.38 bits per heavy atom. The molecule has 1 aromatic rings. The van der Waals surface area contributed by atoms with Gasteiger partial charge < -0.3 is 14.8 Å². The van der Waals surface area contributed by atoms with Crippen molar-refractivity contribution in [3.8, 4) is 11.6 Å². The van der Waals surface area contributed by atoms with Crippen molar-refractivity contribution in [2.45, 2.75) is 18.9 Å². The molecule has 0 aliphatic carbocycles. The van der Waals surface area contributed by atoms with Gasteiger partial charge in [-0.2, -0.15) is 0 Å². The summed E-state index contributed by atoms with van der Waals surface area (Å²) in [6, 6.07) is 3.69. The molecule has 2 heterocycles. The molecular weight excluding hydrogens is 228 g/mol. The molecule has 0 aromatic carbocycles. The van der Waals surface area contributed by atoms with Gasteiger partial charge in [0, 0.05) is 12.3 Å². The fraction of sp³-hybridized carbons (Fsp3) is 0.545. The molecule has 5 heteroatoms. The van der Waals surface area contributed by atoms with Crippen LogP contribution in [0.4, 0.5) is 0 Å². The minimum absolute atomic E-state index is 0. The molecule has 1 saturated heterocycles. The van der Waals surface area contributed by atoms with Crippen molar-refractivity contribution in [2.75, 3.05) is 20.2 Å². The normalized spacial score (nSPS) is 16.3. The Morgan fingerprint density at radius 2 is 2.12 bits per heavy atom. The van der Waals surface area contributed by atoms with Crippen LogP contribution in [0.25, 0.3) is 0 Å². The largest absolute Gasteiger partial charge is 0.490 e. The van der Waals surface area contributed by atoms with E-state index in [1.54, 1.807) is 13.3 Å². The van der Waals surface area contributed by atoms with Crippen molar-refractivity contribution in [3.63, 3.8) is 0 Å². The first-order chi connectivity index (χ1) is 7.38. The van der Waals surface area contributed by atoms with E-state index in [9.17, 15) is 0 Å². The maximum atomic E-state index is 5.84. The average Bonchev–Trinajstić information content (AvgIpc) is 2.31. The smallest absolute Gasteiger partial charge is 0.216 e. The van der Waals surface area contributed by atoms with E-state index in [-0.39, 0.29) is 12.4 Å². The molecule has 4 nitrogen and oxygen atoms in total. The molecule has 90 valence electrons. The Hall–Kier alpha value is -1.00. The molecule has 2 rings (SSSR count). The van der Waals surface area contributed by atoms with Gasteiger partial charge in [0.25, 0.3) is 0 Å². The Morgan fingerprint density at radius 3 is 2.81 bits per heavy atom. The van der Waals surface area contributed by atoms with E-state index in [2.05, 4.69) is 10.3 Å². The number of nitrogens with zero attached hydrogens (tertiary/aromatic N) is 1. The Bertz CT molecular complexity index is 317. The van der Waals surface area contributed by atoms with Gasteiger partial charge in [-0.05, 0) is 32.0 Å². The van der Waals surface area contributed by atoms with E-state index in [0.717, 1.165) is 31.7 Å². The molecule has 0 amide bonds. The van der Waals surface area contributed by atoms with Gasteiger partial charge in [-0.25, -0.2) is 4.98 Å². The Labute approximate surface area is 102 Å². The first-order valence-corrected chi connectivity index (χ1v) is 5.26. The van der Waals surface area contributed by atoms with Crippen LogP contribution in [0.2, 0.25) is 0 Å². The van der Waals surface area contributed by atoms with Crippen molar-refractivity contribution in [1.29, 1.82) is 0 Å². The zero-order valence-electron chi connectivity index (χ0n) is 9.31. The first kappa shape index (κ1) is 13.1. The summed E-state index contributed by atoms with van der Waals surface area (Å²) in [5.74, 6) is 1.44. The van der Waals surface area contributed by atoms with Crippen molar-refractivity contribution < 1.29 is 9.47 Å². The monoisotopic (exact) mass is 244 g/mol. The number of piperidine rings is 1. The van der Waals surface area contributed by atoms with Gasteiger partial charge in [0.05, 0.1) is 7.11 Å². The van der Waals surface area contributed by atoms with E-state index < -0.39 is 0 Å². The predicted molar refractivity (Wildman–Crippen MR) is 64.6 cm³/mol. The van der Waals surface area contributed by atoms with Crippen LogP contribution >= 0.6 is 12.4 Å². The number of rotatable bonds is 3. The summed E-state index contributed by atoms with van der Waals surface area (Å²) in [5, 5.41) is 3.31. The van der Waals surface area contributed by atoms with Crippen molar-refractivity contribution in [3.05, 3.63) is 18.3 Å². The van der Waals surface area contributed by atoms with Gasteiger partial charge in [-0.15, -0.1) is 12.4 Å². The lowest BCUT2D eigenvalue weighted by Gasteiger charge is -2.23. The molecule has 1 aliphatic heterocycles. The highest BCUT2D eigenvalue weighted by Gasteiger charge is 2.14. The van der Waals surface area contributed by atoms with Gasteiger partial charge >= 0.3 is 0 Å². The first-order valence-electron chi connectivity index (χ1n) is 5.26. The number of hydrogen-bond acceptors (Lipinski definition) is 4. The topological polar surface area (TPSA) is 43.4 Å². The summed E-state index contributed by atoms with van der Waals surface area (Å²) in [7, 11) is 1.61. The summed E-state index contributed by atoms with van der Waals surface area (Å²) in [5.41, 5.74) is 0. The van der Waals surface area contributed by atoms with Crippen LogP contribution < -0.4 is 14.8 Å². The second-order valence-electron chi connectivity index (χ2n) is 3.60. The summed E-state index contributed by atoms with van der Waals surface area (Å²) in [6.07, 6.45) is 4.14. The van der Waals surface area contributed by atoms with Crippen LogP contribution in [0.1, 0.15) is 12.8 Å². The standard InChI is InChI=1S/C11H16N2O2.ClH/c1-14-11-8-10(4-7-13-11)15-9-2-5-12-6-3-9;/h4,7-9,12H,2-3,5-6H2,1H3;1H. The van der Waals surface area contributed by atoms with Crippen LogP contribution in [0, 0.1) is 0 Å². The molecule has 1 aliphatic rings. The maximum Gasteiger partial charge on any atom is 0.216 e. The van der Waals surface area contributed by atoms with Crippen LogP contribution in [-0.4, -0.2) is 31.3 Å².